The van der Waals surface area contributed by atoms with Gasteiger partial charge in [-0.1, -0.05) is 6.07 Å². The normalized spacial score (nSPS) is 10.5. The first kappa shape index (κ1) is 7.86. The highest BCUT2D eigenvalue weighted by Crippen LogP contribution is 2.09. The van der Waals surface area contributed by atoms with E-state index in [9.17, 15) is 9.90 Å². The number of hydrogen-bond donors (Lipinski definition) is 1. The van der Waals surface area contributed by atoms with E-state index in [1.165, 1.54) is 10.6 Å². The first-order chi connectivity index (χ1) is 6.18. The highest BCUT2D eigenvalue weighted by molar-refractivity contribution is 5.49. The summed E-state index contributed by atoms with van der Waals surface area (Å²) in [7, 11) is 0. The second kappa shape index (κ2) is 2.62. The molecule has 1 N–H and O–H groups in total. The average molecular weight is 175 g/mol. The van der Waals surface area contributed by atoms with Gasteiger partial charge in [0.2, 0.25) is 0 Å². The summed E-state index contributed by atoms with van der Waals surface area (Å²) < 4.78 is 1.44. The molecule has 0 amide bonds. The van der Waals surface area contributed by atoms with Crippen molar-refractivity contribution in [1.29, 1.82) is 0 Å². The van der Waals surface area contributed by atoms with E-state index in [0.717, 1.165) is 5.52 Å². The molecule has 0 saturated heterocycles. The van der Waals surface area contributed by atoms with E-state index >= 15 is 0 Å². The molecule has 0 radical (unpaired) electrons. The van der Waals surface area contributed by atoms with Gasteiger partial charge in [0.05, 0.1) is 6.20 Å². The molecule has 0 bridgehead atoms. The summed E-state index contributed by atoms with van der Waals surface area (Å²) in [5.41, 5.74) is 1.37. The van der Waals surface area contributed by atoms with Gasteiger partial charge in [0, 0.05) is 11.1 Å². The Morgan fingerprint density at radius 2 is 1.92 bits per heavy atom. The molecule has 2 rings (SSSR count). The molecular weight excluding hydrogens is 166 g/mol. The summed E-state index contributed by atoms with van der Waals surface area (Å²) in [5, 5.41) is 9.19. The molecule has 2 aromatic heterocycles. The van der Waals surface area contributed by atoms with Gasteiger partial charge in [0.25, 0.3) is 5.56 Å². The Morgan fingerprint density at radius 3 is 2.69 bits per heavy atom. The van der Waals surface area contributed by atoms with Crippen LogP contribution in [0.4, 0.5) is 0 Å². The largest absolute Gasteiger partial charge is 0.506 e. The van der Waals surface area contributed by atoms with Crippen LogP contribution in [0.1, 0.15) is 5.56 Å². The van der Waals surface area contributed by atoms with Crippen LogP contribution in [0, 0.1) is 6.92 Å². The zero-order valence-corrected chi connectivity index (χ0v) is 7.19. The van der Waals surface area contributed by atoms with Crippen molar-refractivity contribution in [3.63, 3.8) is 0 Å². The van der Waals surface area contributed by atoms with Crippen molar-refractivity contribution in [3.8, 4) is 5.75 Å². The van der Waals surface area contributed by atoms with Gasteiger partial charge in [-0.3, -0.25) is 9.20 Å². The third-order valence-corrected chi connectivity index (χ3v) is 2.02. The second-order valence-corrected chi connectivity index (χ2v) is 3.00. The van der Waals surface area contributed by atoms with Crippen LogP contribution in [-0.2, 0) is 0 Å². The summed E-state index contributed by atoms with van der Waals surface area (Å²) in [4.78, 5) is 11.5. The maximum atomic E-state index is 11.5. The van der Waals surface area contributed by atoms with E-state index in [-0.39, 0.29) is 11.3 Å². The third kappa shape index (κ3) is 1.18. The minimum Gasteiger partial charge on any atom is -0.506 e. The zero-order valence-electron chi connectivity index (χ0n) is 7.19. The summed E-state index contributed by atoms with van der Waals surface area (Å²) in [6.07, 6.45) is 1.42. The number of rotatable bonds is 0. The fourth-order valence-corrected chi connectivity index (χ4v) is 1.28. The van der Waals surface area contributed by atoms with Gasteiger partial charge >= 0.3 is 0 Å². The molecule has 13 heavy (non-hydrogen) atoms. The van der Waals surface area contributed by atoms with E-state index in [1.807, 2.05) is 6.07 Å². The van der Waals surface area contributed by atoms with Gasteiger partial charge in [0.1, 0.15) is 5.75 Å². The molecule has 0 aliphatic rings. The van der Waals surface area contributed by atoms with Gasteiger partial charge in [-0.25, -0.2) is 0 Å². The number of aromatic hydroxyl groups is 1. The molecule has 2 aromatic rings. The molecule has 0 aliphatic carbocycles. The van der Waals surface area contributed by atoms with E-state index in [2.05, 4.69) is 0 Å². The Balaban J connectivity index is 2.97. The summed E-state index contributed by atoms with van der Waals surface area (Å²) in [6.45, 7) is 1.75. The monoisotopic (exact) mass is 175 g/mol. The fraction of sp³-hybridized carbons (Fsp3) is 0.100. The first-order valence-electron chi connectivity index (χ1n) is 3.99. The molecule has 0 spiro atoms. The van der Waals surface area contributed by atoms with Crippen LogP contribution in [0.15, 0.2) is 35.3 Å². The van der Waals surface area contributed by atoms with Gasteiger partial charge in [-0.2, -0.15) is 0 Å². The van der Waals surface area contributed by atoms with Gasteiger partial charge in [-0.15, -0.1) is 0 Å². The minimum atomic E-state index is -0.0894. The third-order valence-electron chi connectivity index (χ3n) is 2.02. The van der Waals surface area contributed by atoms with Crippen molar-refractivity contribution < 1.29 is 5.11 Å². The van der Waals surface area contributed by atoms with Crippen LogP contribution >= 0.6 is 0 Å². The molecule has 0 atom stereocenters. The molecular formula is C10H9NO2. The van der Waals surface area contributed by atoms with E-state index < -0.39 is 0 Å². The lowest BCUT2D eigenvalue weighted by Crippen LogP contribution is -2.14. The number of aryl methyl sites for hydroxylation is 1. The van der Waals surface area contributed by atoms with Crippen molar-refractivity contribution in [2.45, 2.75) is 6.92 Å². The summed E-state index contributed by atoms with van der Waals surface area (Å²) in [5.74, 6) is 0.0974. The molecule has 3 nitrogen and oxygen atoms in total. The van der Waals surface area contributed by atoms with Gasteiger partial charge in [0.15, 0.2) is 0 Å². The molecule has 0 saturated carbocycles. The quantitative estimate of drug-likeness (QED) is 0.656. The number of fused-ring (bicyclic) bond motifs is 1. The Kier molecular flexibility index (Phi) is 1.59. The van der Waals surface area contributed by atoms with Gasteiger partial charge < -0.3 is 5.11 Å². The standard InChI is InChI=1S/C10H9NO2/c1-7-2-3-8-4-5-9(12)6-11(8)10(7)13/h2-6,12H,1H3. The highest BCUT2D eigenvalue weighted by Gasteiger charge is 1.98. The van der Waals surface area contributed by atoms with Gasteiger partial charge in [-0.05, 0) is 25.1 Å². The Bertz CT molecular complexity index is 509. The fourth-order valence-electron chi connectivity index (χ4n) is 1.28. The van der Waals surface area contributed by atoms with E-state index in [0.29, 0.717) is 5.56 Å². The van der Waals surface area contributed by atoms with Crippen LogP contribution < -0.4 is 5.56 Å². The lowest BCUT2D eigenvalue weighted by atomic mass is 10.2. The predicted molar refractivity (Wildman–Crippen MR) is 50.1 cm³/mol. The lowest BCUT2D eigenvalue weighted by Gasteiger charge is -2.01. The lowest BCUT2D eigenvalue weighted by molar-refractivity contribution is 0.471. The molecule has 3 heteroatoms. The smallest absolute Gasteiger partial charge is 0.258 e. The predicted octanol–water partition coefficient (Wildman–Crippen LogP) is 1.31. The maximum absolute atomic E-state index is 11.5. The maximum Gasteiger partial charge on any atom is 0.258 e. The van der Waals surface area contributed by atoms with Crippen molar-refractivity contribution in [2.75, 3.05) is 0 Å². The molecule has 2 heterocycles. The Hall–Kier alpha value is -1.77. The van der Waals surface area contributed by atoms with E-state index in [4.69, 9.17) is 0 Å². The molecule has 0 aromatic carbocycles. The number of pyridine rings is 2. The molecule has 0 fully saturated rings. The first-order valence-corrected chi connectivity index (χ1v) is 3.99. The van der Waals surface area contributed by atoms with Crippen LogP contribution in [0.25, 0.3) is 5.52 Å². The number of hydrogen-bond acceptors (Lipinski definition) is 2. The number of aromatic nitrogens is 1. The minimum absolute atomic E-state index is 0.0894. The van der Waals surface area contributed by atoms with Crippen molar-refractivity contribution >= 4 is 5.52 Å². The SMILES string of the molecule is Cc1ccc2ccc(O)cn2c1=O. The van der Waals surface area contributed by atoms with Crippen LogP contribution in [0.3, 0.4) is 0 Å². The number of nitrogens with zero attached hydrogens (tertiary/aromatic N) is 1. The Morgan fingerprint density at radius 1 is 1.23 bits per heavy atom. The molecule has 66 valence electrons. The highest BCUT2D eigenvalue weighted by atomic mass is 16.3. The zero-order chi connectivity index (χ0) is 9.42. The summed E-state index contributed by atoms with van der Waals surface area (Å²) >= 11 is 0. The van der Waals surface area contributed by atoms with E-state index in [1.54, 1.807) is 25.1 Å². The topological polar surface area (TPSA) is 41.7 Å². The molecule has 0 aliphatic heterocycles. The van der Waals surface area contributed by atoms with Crippen molar-refractivity contribution in [1.82, 2.24) is 4.40 Å². The summed E-state index contributed by atoms with van der Waals surface area (Å²) in [6, 6.07) is 6.88. The Labute approximate surface area is 74.9 Å². The molecule has 0 unspecified atom stereocenters. The van der Waals surface area contributed by atoms with Crippen molar-refractivity contribution in [3.05, 3.63) is 46.4 Å². The van der Waals surface area contributed by atoms with Crippen LogP contribution in [0.2, 0.25) is 0 Å². The average Bonchev–Trinajstić information content (AvgIpc) is 2.12. The van der Waals surface area contributed by atoms with Crippen LogP contribution in [-0.4, -0.2) is 9.51 Å². The second-order valence-electron chi connectivity index (χ2n) is 3.00. The van der Waals surface area contributed by atoms with Crippen molar-refractivity contribution in [2.24, 2.45) is 0 Å². The van der Waals surface area contributed by atoms with Crippen LogP contribution in [0.5, 0.6) is 5.75 Å².